The van der Waals surface area contributed by atoms with Crippen LogP contribution in [0.25, 0.3) is 0 Å². The Bertz CT molecular complexity index is 1080. The van der Waals surface area contributed by atoms with Gasteiger partial charge in [-0.3, -0.25) is 9.59 Å². The Morgan fingerprint density at radius 1 is 1.11 bits per heavy atom. The fourth-order valence-electron chi connectivity index (χ4n) is 3.34. The molecule has 0 saturated carbocycles. The molecule has 0 spiro atoms. The van der Waals surface area contributed by atoms with E-state index >= 15 is 0 Å². The van der Waals surface area contributed by atoms with Crippen LogP contribution < -0.4 is 10.6 Å². The molecule has 1 aliphatic heterocycles. The van der Waals surface area contributed by atoms with Gasteiger partial charge in [0.05, 0.1) is 11.3 Å². The van der Waals surface area contributed by atoms with E-state index in [1.165, 1.54) is 24.3 Å². The molecule has 1 heterocycles. The van der Waals surface area contributed by atoms with E-state index < -0.39 is 11.7 Å². The van der Waals surface area contributed by atoms with Crippen molar-refractivity contribution < 1.29 is 14.0 Å². The van der Waals surface area contributed by atoms with Gasteiger partial charge in [0.15, 0.2) is 0 Å². The second kappa shape index (κ2) is 7.44. The topological polar surface area (TPSA) is 58.2 Å². The molecule has 3 aromatic rings. The summed E-state index contributed by atoms with van der Waals surface area (Å²) in [6, 6.07) is 16.4. The number of halogens is 2. The number of benzene rings is 3. The lowest BCUT2D eigenvalue weighted by Crippen LogP contribution is -2.17. The lowest BCUT2D eigenvalue weighted by molar-refractivity contribution is 0.0966. The van der Waals surface area contributed by atoms with Crippen LogP contribution in [-0.4, -0.2) is 11.8 Å². The number of amides is 2. The number of rotatable bonds is 4. The number of hydrogen-bond acceptors (Lipinski definition) is 2. The average Bonchev–Trinajstić information content (AvgIpc) is 3.07. The minimum absolute atomic E-state index is 0.225. The number of carbonyl (C=O) groups excluding carboxylic acids is 2. The molecular formula is C22H16ClFN2O2. The van der Waals surface area contributed by atoms with E-state index in [2.05, 4.69) is 10.6 Å². The smallest absolute Gasteiger partial charge is 0.255 e. The van der Waals surface area contributed by atoms with Crippen molar-refractivity contribution in [2.24, 2.45) is 0 Å². The molecule has 2 N–H and O–H groups in total. The van der Waals surface area contributed by atoms with Crippen LogP contribution in [0.15, 0.2) is 60.7 Å². The molecule has 0 unspecified atom stereocenters. The van der Waals surface area contributed by atoms with Crippen LogP contribution in [0.3, 0.4) is 0 Å². The average molecular weight is 395 g/mol. The minimum Gasteiger partial charge on any atom is -0.348 e. The highest BCUT2D eigenvalue weighted by atomic mass is 35.5. The maximum Gasteiger partial charge on any atom is 0.255 e. The van der Waals surface area contributed by atoms with Gasteiger partial charge < -0.3 is 10.6 Å². The van der Waals surface area contributed by atoms with Gasteiger partial charge >= 0.3 is 0 Å². The molecule has 0 bridgehead atoms. The molecule has 2 amide bonds. The fraction of sp³-hybridized carbons (Fsp3) is 0.0909. The number of hydrogen-bond donors (Lipinski definition) is 2. The first-order valence-electron chi connectivity index (χ1n) is 8.75. The Balaban J connectivity index is 1.64. The van der Waals surface area contributed by atoms with Crippen LogP contribution in [0.5, 0.6) is 0 Å². The van der Waals surface area contributed by atoms with Gasteiger partial charge in [0, 0.05) is 17.1 Å². The van der Waals surface area contributed by atoms with E-state index in [0.29, 0.717) is 34.8 Å². The van der Waals surface area contributed by atoms with Gasteiger partial charge in [-0.2, -0.15) is 0 Å². The summed E-state index contributed by atoms with van der Waals surface area (Å²) in [6.07, 6.45) is 0.629. The van der Waals surface area contributed by atoms with Crippen molar-refractivity contribution in [1.29, 1.82) is 0 Å². The van der Waals surface area contributed by atoms with Crippen LogP contribution >= 0.6 is 11.6 Å². The number of fused-ring (bicyclic) bond motifs is 1. The number of nitrogens with one attached hydrogen (secondary N) is 2. The molecule has 0 fully saturated rings. The fourth-order valence-corrected chi connectivity index (χ4v) is 3.55. The van der Waals surface area contributed by atoms with Crippen LogP contribution in [0.1, 0.15) is 37.4 Å². The standard InChI is InChI=1S/C22H16ClFN2O2/c23-16-3-1-2-13(11-16)10-15-6-9-19(20-18(15)12-25-22(20)28)26-21(27)14-4-7-17(24)8-5-14/h1-9,11H,10,12H2,(H,25,28)(H,26,27). The lowest BCUT2D eigenvalue weighted by atomic mass is 9.96. The third kappa shape index (κ3) is 3.62. The highest BCUT2D eigenvalue weighted by Crippen LogP contribution is 2.30. The first kappa shape index (κ1) is 18.2. The summed E-state index contributed by atoms with van der Waals surface area (Å²) in [5.41, 5.74) is 4.12. The summed E-state index contributed by atoms with van der Waals surface area (Å²) in [5, 5.41) is 6.24. The SMILES string of the molecule is O=C(Nc1ccc(Cc2cccc(Cl)c2)c2c1C(=O)NC2)c1ccc(F)cc1. The molecule has 0 aromatic heterocycles. The van der Waals surface area contributed by atoms with Crippen LogP contribution in [-0.2, 0) is 13.0 Å². The van der Waals surface area contributed by atoms with Gasteiger partial charge in [-0.1, -0.05) is 29.8 Å². The Morgan fingerprint density at radius 3 is 2.64 bits per heavy atom. The van der Waals surface area contributed by atoms with Crippen molar-refractivity contribution in [2.75, 3.05) is 5.32 Å². The number of anilines is 1. The summed E-state index contributed by atoms with van der Waals surface area (Å²) < 4.78 is 13.1. The van der Waals surface area contributed by atoms with Gasteiger partial charge in [0.25, 0.3) is 11.8 Å². The highest BCUT2D eigenvalue weighted by Gasteiger charge is 2.26. The molecule has 0 radical (unpaired) electrons. The second-order valence-corrected chi connectivity index (χ2v) is 7.01. The molecule has 0 aliphatic carbocycles. The molecule has 4 rings (SSSR count). The maximum atomic E-state index is 13.1. The molecule has 0 saturated heterocycles. The molecule has 6 heteroatoms. The molecule has 4 nitrogen and oxygen atoms in total. The van der Waals surface area contributed by atoms with Crippen molar-refractivity contribution in [3.8, 4) is 0 Å². The Kier molecular flexibility index (Phi) is 4.84. The van der Waals surface area contributed by atoms with Crippen molar-refractivity contribution in [2.45, 2.75) is 13.0 Å². The van der Waals surface area contributed by atoms with Crippen LogP contribution in [0.4, 0.5) is 10.1 Å². The normalized spacial score (nSPS) is 12.4. The van der Waals surface area contributed by atoms with E-state index in [1.54, 1.807) is 6.07 Å². The quantitative estimate of drug-likeness (QED) is 0.681. The van der Waals surface area contributed by atoms with Gasteiger partial charge in [0.2, 0.25) is 0 Å². The van der Waals surface area contributed by atoms with Gasteiger partial charge in [-0.25, -0.2) is 4.39 Å². The van der Waals surface area contributed by atoms with Crippen molar-refractivity contribution >= 4 is 29.1 Å². The van der Waals surface area contributed by atoms with E-state index in [9.17, 15) is 14.0 Å². The summed E-state index contributed by atoms with van der Waals surface area (Å²) in [6.45, 7) is 0.407. The van der Waals surface area contributed by atoms with Crippen molar-refractivity contribution in [3.05, 3.63) is 99.3 Å². The van der Waals surface area contributed by atoms with E-state index in [4.69, 9.17) is 11.6 Å². The first-order chi connectivity index (χ1) is 13.5. The second-order valence-electron chi connectivity index (χ2n) is 6.58. The zero-order valence-electron chi connectivity index (χ0n) is 14.8. The molecule has 140 valence electrons. The predicted molar refractivity (Wildman–Crippen MR) is 106 cm³/mol. The van der Waals surface area contributed by atoms with Crippen molar-refractivity contribution in [1.82, 2.24) is 5.32 Å². The summed E-state index contributed by atoms with van der Waals surface area (Å²) in [4.78, 5) is 24.8. The monoisotopic (exact) mass is 394 g/mol. The summed E-state index contributed by atoms with van der Waals surface area (Å²) >= 11 is 6.06. The minimum atomic E-state index is -0.415. The Morgan fingerprint density at radius 2 is 1.89 bits per heavy atom. The van der Waals surface area contributed by atoms with Gasteiger partial charge in [0.1, 0.15) is 5.82 Å². The lowest BCUT2D eigenvalue weighted by Gasteiger charge is -2.13. The third-order valence-corrected chi connectivity index (χ3v) is 4.94. The van der Waals surface area contributed by atoms with E-state index in [1.807, 2.05) is 30.3 Å². The molecular weight excluding hydrogens is 379 g/mol. The summed E-state index contributed by atoms with van der Waals surface area (Å²) in [5.74, 6) is -1.04. The Labute approximate surface area is 166 Å². The molecule has 3 aromatic carbocycles. The van der Waals surface area contributed by atoms with Crippen molar-refractivity contribution in [3.63, 3.8) is 0 Å². The highest BCUT2D eigenvalue weighted by molar-refractivity contribution is 6.30. The maximum absolute atomic E-state index is 13.1. The van der Waals surface area contributed by atoms with Crippen LogP contribution in [0.2, 0.25) is 5.02 Å². The predicted octanol–water partition coefficient (Wildman–Crippen LogP) is 4.57. The molecule has 28 heavy (non-hydrogen) atoms. The zero-order chi connectivity index (χ0) is 19.7. The molecule has 0 atom stereocenters. The largest absolute Gasteiger partial charge is 0.348 e. The first-order valence-corrected chi connectivity index (χ1v) is 9.13. The molecule has 1 aliphatic rings. The Hall–Kier alpha value is -3.18. The third-order valence-electron chi connectivity index (χ3n) is 4.70. The summed E-state index contributed by atoms with van der Waals surface area (Å²) in [7, 11) is 0. The van der Waals surface area contributed by atoms with Gasteiger partial charge in [-0.05, 0) is 65.6 Å². The van der Waals surface area contributed by atoms with E-state index in [-0.39, 0.29) is 5.91 Å². The number of carbonyl (C=O) groups is 2. The van der Waals surface area contributed by atoms with Crippen LogP contribution in [0, 0.1) is 5.82 Å². The van der Waals surface area contributed by atoms with Gasteiger partial charge in [-0.15, -0.1) is 0 Å². The zero-order valence-corrected chi connectivity index (χ0v) is 15.5. The van der Waals surface area contributed by atoms with E-state index in [0.717, 1.165) is 16.7 Å².